The van der Waals surface area contributed by atoms with Crippen LogP contribution >= 0.6 is 0 Å². The van der Waals surface area contributed by atoms with Crippen LogP contribution in [0.15, 0.2) is 67.0 Å². The standard InChI is InChI=1S/C26H33N5O/c1-32-26-11-3-2-10-25(26)30-17-15-29(16-18-30)24-9-5-13-28(21-24)20-22-7-4-8-23(19-22)31-14-6-12-27-31/h2-4,6-8,10-12,14,19,24H,5,9,13,15-18,20-21H2,1H3. The molecule has 6 heteroatoms. The van der Waals surface area contributed by atoms with Gasteiger partial charge < -0.3 is 9.64 Å². The molecule has 32 heavy (non-hydrogen) atoms. The molecule has 3 aromatic rings. The Labute approximate surface area is 191 Å². The van der Waals surface area contributed by atoms with Crippen LogP contribution in [0.2, 0.25) is 0 Å². The maximum Gasteiger partial charge on any atom is 0.142 e. The Hall–Kier alpha value is -2.83. The van der Waals surface area contributed by atoms with Crippen molar-refractivity contribution >= 4 is 5.69 Å². The molecule has 1 unspecified atom stereocenters. The quantitative estimate of drug-likeness (QED) is 0.595. The summed E-state index contributed by atoms with van der Waals surface area (Å²) in [4.78, 5) is 7.80. The lowest BCUT2D eigenvalue weighted by Crippen LogP contribution is -2.55. The number of benzene rings is 2. The molecule has 2 fully saturated rings. The molecule has 2 aliphatic heterocycles. The average molecular weight is 432 g/mol. The summed E-state index contributed by atoms with van der Waals surface area (Å²) in [5, 5.41) is 4.37. The number of rotatable bonds is 6. The zero-order valence-electron chi connectivity index (χ0n) is 18.9. The van der Waals surface area contributed by atoms with Crippen molar-refractivity contribution in [2.45, 2.75) is 25.4 Å². The molecule has 0 amide bonds. The van der Waals surface area contributed by atoms with Crippen molar-refractivity contribution in [3.05, 3.63) is 72.6 Å². The minimum absolute atomic E-state index is 0.651. The number of piperazine rings is 1. The number of anilines is 1. The van der Waals surface area contributed by atoms with E-state index in [1.807, 2.05) is 29.2 Å². The van der Waals surface area contributed by atoms with E-state index in [0.717, 1.165) is 50.7 Å². The van der Waals surface area contributed by atoms with Crippen LogP contribution in [0.25, 0.3) is 5.69 Å². The third kappa shape index (κ3) is 4.66. The van der Waals surface area contributed by atoms with Crippen LogP contribution in [0, 0.1) is 0 Å². The van der Waals surface area contributed by atoms with E-state index in [4.69, 9.17) is 4.74 Å². The highest BCUT2D eigenvalue weighted by Gasteiger charge is 2.28. The van der Waals surface area contributed by atoms with Crippen LogP contribution in [0.1, 0.15) is 18.4 Å². The van der Waals surface area contributed by atoms with Gasteiger partial charge >= 0.3 is 0 Å². The first-order chi connectivity index (χ1) is 15.8. The number of aromatic nitrogens is 2. The summed E-state index contributed by atoms with van der Waals surface area (Å²) in [5.41, 5.74) is 3.71. The van der Waals surface area contributed by atoms with Gasteiger partial charge in [-0.05, 0) is 55.3 Å². The first kappa shape index (κ1) is 21.0. The molecule has 1 aromatic heterocycles. The predicted octanol–water partition coefficient (Wildman–Crippen LogP) is 3.67. The third-order valence-corrected chi connectivity index (χ3v) is 6.82. The molecule has 3 heterocycles. The number of hydrogen-bond acceptors (Lipinski definition) is 5. The van der Waals surface area contributed by atoms with Crippen LogP contribution in [0.5, 0.6) is 5.75 Å². The second kappa shape index (κ2) is 9.76. The van der Waals surface area contributed by atoms with E-state index < -0.39 is 0 Å². The van der Waals surface area contributed by atoms with Gasteiger partial charge in [0.25, 0.3) is 0 Å². The summed E-state index contributed by atoms with van der Waals surface area (Å²) >= 11 is 0. The molecule has 6 nitrogen and oxygen atoms in total. The van der Waals surface area contributed by atoms with Gasteiger partial charge in [0.05, 0.1) is 18.5 Å². The molecule has 0 spiro atoms. The maximum absolute atomic E-state index is 5.58. The number of ether oxygens (including phenoxy) is 1. The molecule has 168 valence electrons. The van der Waals surface area contributed by atoms with Gasteiger partial charge in [-0.3, -0.25) is 9.80 Å². The second-order valence-electron chi connectivity index (χ2n) is 8.85. The third-order valence-electron chi connectivity index (χ3n) is 6.82. The van der Waals surface area contributed by atoms with Crippen molar-refractivity contribution in [2.75, 3.05) is 51.3 Å². The van der Waals surface area contributed by atoms with Gasteiger partial charge in [-0.2, -0.15) is 5.10 Å². The van der Waals surface area contributed by atoms with Crippen molar-refractivity contribution in [3.63, 3.8) is 0 Å². The van der Waals surface area contributed by atoms with Crippen molar-refractivity contribution in [1.29, 1.82) is 0 Å². The van der Waals surface area contributed by atoms with Gasteiger partial charge in [0.15, 0.2) is 0 Å². The lowest BCUT2D eigenvalue weighted by molar-refractivity contribution is 0.0887. The van der Waals surface area contributed by atoms with E-state index in [1.165, 1.54) is 30.6 Å². The molecular formula is C26H33N5O. The summed E-state index contributed by atoms with van der Waals surface area (Å²) < 4.78 is 7.51. The lowest BCUT2D eigenvalue weighted by Gasteiger charge is -2.44. The molecular weight excluding hydrogens is 398 g/mol. The van der Waals surface area contributed by atoms with Crippen molar-refractivity contribution in [3.8, 4) is 11.4 Å². The molecule has 0 aliphatic carbocycles. The van der Waals surface area contributed by atoms with Gasteiger partial charge in [0, 0.05) is 57.7 Å². The fraction of sp³-hybridized carbons (Fsp3) is 0.423. The number of nitrogens with zero attached hydrogens (tertiary/aromatic N) is 5. The Morgan fingerprint density at radius 1 is 0.969 bits per heavy atom. The molecule has 0 radical (unpaired) electrons. The summed E-state index contributed by atoms with van der Waals surface area (Å²) in [6.07, 6.45) is 6.41. The van der Waals surface area contributed by atoms with E-state index in [9.17, 15) is 0 Å². The fourth-order valence-electron chi connectivity index (χ4n) is 5.17. The van der Waals surface area contributed by atoms with Gasteiger partial charge in [-0.25, -0.2) is 4.68 Å². The Bertz CT molecular complexity index is 997. The highest BCUT2D eigenvalue weighted by atomic mass is 16.5. The Balaban J connectivity index is 1.18. The van der Waals surface area contributed by atoms with Crippen LogP contribution in [0.3, 0.4) is 0 Å². The highest BCUT2D eigenvalue weighted by molar-refractivity contribution is 5.58. The Kier molecular flexibility index (Phi) is 6.41. The van der Waals surface area contributed by atoms with Crippen LogP contribution in [0.4, 0.5) is 5.69 Å². The van der Waals surface area contributed by atoms with Crippen LogP contribution in [-0.4, -0.2) is 72.0 Å². The molecule has 0 bridgehead atoms. The topological polar surface area (TPSA) is 36.8 Å². The molecule has 0 saturated carbocycles. The van der Waals surface area contributed by atoms with E-state index in [0.29, 0.717) is 6.04 Å². The zero-order chi connectivity index (χ0) is 21.8. The lowest BCUT2D eigenvalue weighted by atomic mass is 10.0. The number of para-hydroxylation sites is 2. The SMILES string of the molecule is COc1ccccc1N1CCN(C2CCCN(Cc3cccc(-n4cccn4)c3)C2)CC1. The van der Waals surface area contributed by atoms with Crippen LogP contribution < -0.4 is 9.64 Å². The summed E-state index contributed by atoms with van der Waals surface area (Å²) in [6, 6.07) is 19.8. The minimum Gasteiger partial charge on any atom is -0.495 e. The Morgan fingerprint density at radius 2 is 1.84 bits per heavy atom. The second-order valence-corrected chi connectivity index (χ2v) is 8.85. The molecule has 1 atom stereocenters. The number of piperidine rings is 1. The maximum atomic E-state index is 5.58. The predicted molar refractivity (Wildman–Crippen MR) is 129 cm³/mol. The normalized spacial score (nSPS) is 20.4. The van der Waals surface area contributed by atoms with E-state index in [2.05, 4.69) is 62.3 Å². The van der Waals surface area contributed by atoms with E-state index in [-0.39, 0.29) is 0 Å². The van der Waals surface area contributed by atoms with Crippen molar-refractivity contribution < 1.29 is 4.74 Å². The highest BCUT2D eigenvalue weighted by Crippen LogP contribution is 2.29. The number of likely N-dealkylation sites (tertiary alicyclic amines) is 1. The van der Waals surface area contributed by atoms with Gasteiger partial charge in [0.2, 0.25) is 0 Å². The minimum atomic E-state index is 0.651. The van der Waals surface area contributed by atoms with Gasteiger partial charge in [-0.15, -0.1) is 0 Å². The number of hydrogen-bond donors (Lipinski definition) is 0. The summed E-state index contributed by atoms with van der Waals surface area (Å²) in [5.74, 6) is 0.974. The van der Waals surface area contributed by atoms with Crippen LogP contribution in [-0.2, 0) is 6.54 Å². The van der Waals surface area contributed by atoms with Crippen molar-refractivity contribution in [1.82, 2.24) is 19.6 Å². The summed E-state index contributed by atoms with van der Waals surface area (Å²) in [7, 11) is 1.76. The van der Waals surface area contributed by atoms with Crippen molar-refractivity contribution in [2.24, 2.45) is 0 Å². The largest absolute Gasteiger partial charge is 0.495 e. The monoisotopic (exact) mass is 431 g/mol. The molecule has 0 N–H and O–H groups in total. The fourth-order valence-corrected chi connectivity index (χ4v) is 5.17. The van der Waals surface area contributed by atoms with Gasteiger partial charge in [-0.1, -0.05) is 24.3 Å². The van der Waals surface area contributed by atoms with E-state index in [1.54, 1.807) is 7.11 Å². The zero-order valence-corrected chi connectivity index (χ0v) is 18.9. The molecule has 5 rings (SSSR count). The first-order valence-corrected chi connectivity index (χ1v) is 11.7. The summed E-state index contributed by atoms with van der Waals surface area (Å²) in [6.45, 7) is 7.69. The Morgan fingerprint density at radius 3 is 2.66 bits per heavy atom. The molecule has 2 aliphatic rings. The van der Waals surface area contributed by atoms with Gasteiger partial charge in [0.1, 0.15) is 5.75 Å². The molecule has 2 saturated heterocycles. The molecule has 2 aromatic carbocycles. The smallest absolute Gasteiger partial charge is 0.142 e. The average Bonchev–Trinajstić information content (AvgIpc) is 3.40. The number of methoxy groups -OCH3 is 1. The van der Waals surface area contributed by atoms with E-state index >= 15 is 0 Å². The first-order valence-electron chi connectivity index (χ1n) is 11.7.